The van der Waals surface area contributed by atoms with Crippen LogP contribution in [0.1, 0.15) is 0 Å². The Labute approximate surface area is 85.5 Å². The van der Waals surface area contributed by atoms with E-state index in [0.717, 1.165) is 4.90 Å². The van der Waals surface area contributed by atoms with Crippen LogP contribution in [0.25, 0.3) is 0 Å². The fourth-order valence-corrected chi connectivity index (χ4v) is 1.57. The maximum absolute atomic E-state index is 10.3. The molecule has 0 aromatic heterocycles. The van der Waals surface area contributed by atoms with Gasteiger partial charge in [0, 0.05) is 9.92 Å². The van der Waals surface area contributed by atoms with E-state index in [1.165, 1.54) is 11.8 Å². The summed E-state index contributed by atoms with van der Waals surface area (Å²) in [6.45, 7) is 0. The van der Waals surface area contributed by atoms with Crippen LogP contribution in [0.3, 0.4) is 0 Å². The Morgan fingerprint density at radius 1 is 1.46 bits per heavy atom. The zero-order chi connectivity index (χ0) is 9.68. The zero-order valence-electron chi connectivity index (χ0n) is 6.61. The Hall–Kier alpha value is -0.980. The molecule has 0 N–H and O–H groups in total. The average Bonchev–Trinajstić information content (AvgIpc) is 2.17. The third-order valence-electron chi connectivity index (χ3n) is 1.33. The van der Waals surface area contributed by atoms with Crippen molar-refractivity contribution in [1.82, 2.24) is 0 Å². The number of aldehydes is 1. The predicted octanol–water partition coefficient (Wildman–Crippen LogP) is 2.52. The quantitative estimate of drug-likeness (QED) is 0.570. The standard InChI is InChI=1S/C9H6ClNOS/c10-7-1-3-8(4-2-7)13-9(5-11)6-12/h1-4,6,9H. The first kappa shape index (κ1) is 10.1. The molecule has 66 valence electrons. The second-order valence-corrected chi connectivity index (χ2v) is 3.91. The van der Waals surface area contributed by atoms with Crippen LogP contribution >= 0.6 is 23.4 Å². The van der Waals surface area contributed by atoms with Crippen LogP contribution in [0.5, 0.6) is 0 Å². The number of hydrogen-bond acceptors (Lipinski definition) is 3. The normalized spacial score (nSPS) is 11.7. The number of carbonyl (C=O) groups is 1. The second-order valence-electron chi connectivity index (χ2n) is 2.26. The van der Waals surface area contributed by atoms with Gasteiger partial charge >= 0.3 is 0 Å². The summed E-state index contributed by atoms with van der Waals surface area (Å²) in [6, 6.07) is 8.88. The largest absolute Gasteiger partial charge is 0.301 e. The summed E-state index contributed by atoms with van der Waals surface area (Å²) in [5, 5.41) is 8.52. The minimum atomic E-state index is -0.638. The van der Waals surface area contributed by atoms with E-state index >= 15 is 0 Å². The molecule has 1 rings (SSSR count). The molecule has 13 heavy (non-hydrogen) atoms. The van der Waals surface area contributed by atoms with Crippen molar-refractivity contribution in [2.24, 2.45) is 0 Å². The number of thioether (sulfide) groups is 1. The maximum atomic E-state index is 10.3. The van der Waals surface area contributed by atoms with Crippen molar-refractivity contribution in [2.75, 3.05) is 0 Å². The lowest BCUT2D eigenvalue weighted by Gasteiger charge is -2.00. The number of carbonyl (C=O) groups excluding carboxylic acids is 1. The summed E-state index contributed by atoms with van der Waals surface area (Å²) in [6.07, 6.45) is 0.624. The topological polar surface area (TPSA) is 40.9 Å². The van der Waals surface area contributed by atoms with Crippen LogP contribution in [0, 0.1) is 11.3 Å². The smallest absolute Gasteiger partial charge is 0.151 e. The Morgan fingerprint density at radius 2 is 2.08 bits per heavy atom. The van der Waals surface area contributed by atoms with Gasteiger partial charge in [-0.15, -0.1) is 0 Å². The van der Waals surface area contributed by atoms with Crippen LogP contribution < -0.4 is 0 Å². The van der Waals surface area contributed by atoms with Crippen LogP contribution in [-0.2, 0) is 4.79 Å². The van der Waals surface area contributed by atoms with Crippen molar-refractivity contribution in [1.29, 1.82) is 5.26 Å². The van der Waals surface area contributed by atoms with Crippen LogP contribution in [0.15, 0.2) is 29.2 Å². The Kier molecular flexibility index (Phi) is 3.81. The molecule has 0 fully saturated rings. The molecule has 1 aromatic rings. The molecular formula is C9H6ClNOS. The summed E-state index contributed by atoms with van der Waals surface area (Å²) >= 11 is 6.88. The Morgan fingerprint density at radius 3 is 2.54 bits per heavy atom. The van der Waals surface area contributed by atoms with Gasteiger partial charge in [0.15, 0.2) is 5.25 Å². The lowest BCUT2D eigenvalue weighted by molar-refractivity contribution is -0.106. The van der Waals surface area contributed by atoms with E-state index in [4.69, 9.17) is 16.9 Å². The van der Waals surface area contributed by atoms with Crippen molar-refractivity contribution < 1.29 is 4.79 Å². The first-order valence-corrected chi connectivity index (χ1v) is 4.79. The van der Waals surface area contributed by atoms with Crippen molar-refractivity contribution in [3.05, 3.63) is 29.3 Å². The van der Waals surface area contributed by atoms with E-state index in [1.807, 2.05) is 6.07 Å². The van der Waals surface area contributed by atoms with Gasteiger partial charge in [0.2, 0.25) is 0 Å². The van der Waals surface area contributed by atoms with Crippen LogP contribution in [-0.4, -0.2) is 11.5 Å². The Balaban J connectivity index is 2.70. The predicted molar refractivity (Wildman–Crippen MR) is 52.8 cm³/mol. The first-order chi connectivity index (χ1) is 6.26. The minimum absolute atomic E-state index is 0.624. The molecule has 0 bridgehead atoms. The van der Waals surface area contributed by atoms with Crippen LogP contribution in [0.4, 0.5) is 0 Å². The van der Waals surface area contributed by atoms with Crippen molar-refractivity contribution in [2.45, 2.75) is 10.1 Å². The van der Waals surface area contributed by atoms with Gasteiger partial charge in [0.05, 0.1) is 6.07 Å². The number of benzene rings is 1. The molecule has 0 amide bonds. The second kappa shape index (κ2) is 4.90. The number of nitriles is 1. The number of hydrogen-bond donors (Lipinski definition) is 0. The molecule has 0 heterocycles. The summed E-state index contributed by atoms with van der Waals surface area (Å²) < 4.78 is 0. The highest BCUT2D eigenvalue weighted by Crippen LogP contribution is 2.23. The van der Waals surface area contributed by atoms with Gasteiger partial charge in [-0.1, -0.05) is 23.4 Å². The van der Waals surface area contributed by atoms with E-state index in [0.29, 0.717) is 11.3 Å². The molecule has 0 aliphatic rings. The molecule has 0 radical (unpaired) electrons. The number of halogens is 1. The third kappa shape index (κ3) is 3.10. The van der Waals surface area contributed by atoms with E-state index < -0.39 is 5.25 Å². The maximum Gasteiger partial charge on any atom is 0.151 e. The fraction of sp³-hybridized carbons (Fsp3) is 0.111. The van der Waals surface area contributed by atoms with Gasteiger partial charge in [-0.25, -0.2) is 0 Å². The van der Waals surface area contributed by atoms with E-state index in [2.05, 4.69) is 0 Å². The lowest BCUT2D eigenvalue weighted by atomic mass is 10.4. The van der Waals surface area contributed by atoms with Crippen LogP contribution in [0.2, 0.25) is 5.02 Å². The minimum Gasteiger partial charge on any atom is -0.301 e. The monoisotopic (exact) mass is 211 g/mol. The number of nitrogens with zero attached hydrogens (tertiary/aromatic N) is 1. The van der Waals surface area contributed by atoms with E-state index in [1.54, 1.807) is 24.3 Å². The van der Waals surface area contributed by atoms with Crippen molar-refractivity contribution >= 4 is 29.6 Å². The van der Waals surface area contributed by atoms with Gasteiger partial charge in [0.25, 0.3) is 0 Å². The Bertz CT molecular complexity index is 330. The number of rotatable bonds is 3. The summed E-state index contributed by atoms with van der Waals surface area (Å²) in [7, 11) is 0. The molecule has 0 saturated heterocycles. The average molecular weight is 212 g/mol. The lowest BCUT2D eigenvalue weighted by Crippen LogP contribution is -1.98. The van der Waals surface area contributed by atoms with Gasteiger partial charge in [-0.3, -0.25) is 0 Å². The van der Waals surface area contributed by atoms with Gasteiger partial charge < -0.3 is 4.79 Å². The highest BCUT2D eigenvalue weighted by atomic mass is 35.5. The molecule has 2 nitrogen and oxygen atoms in total. The van der Waals surface area contributed by atoms with E-state index in [-0.39, 0.29) is 0 Å². The van der Waals surface area contributed by atoms with E-state index in [9.17, 15) is 4.79 Å². The van der Waals surface area contributed by atoms with Gasteiger partial charge in [0.1, 0.15) is 6.29 Å². The summed E-state index contributed by atoms with van der Waals surface area (Å²) in [4.78, 5) is 11.2. The fourth-order valence-electron chi connectivity index (χ4n) is 0.744. The molecule has 0 aliphatic heterocycles. The van der Waals surface area contributed by atoms with Crippen molar-refractivity contribution in [3.63, 3.8) is 0 Å². The van der Waals surface area contributed by atoms with Crippen molar-refractivity contribution in [3.8, 4) is 6.07 Å². The molecule has 1 atom stereocenters. The van der Waals surface area contributed by atoms with Gasteiger partial charge in [-0.05, 0) is 24.3 Å². The molecule has 4 heteroatoms. The highest BCUT2D eigenvalue weighted by Gasteiger charge is 2.06. The molecule has 1 unspecified atom stereocenters. The molecular weight excluding hydrogens is 206 g/mol. The van der Waals surface area contributed by atoms with Gasteiger partial charge in [-0.2, -0.15) is 5.26 Å². The molecule has 1 aromatic carbocycles. The summed E-state index contributed by atoms with van der Waals surface area (Å²) in [5.74, 6) is 0. The molecule has 0 aliphatic carbocycles. The molecule has 0 spiro atoms. The third-order valence-corrected chi connectivity index (χ3v) is 2.59. The first-order valence-electron chi connectivity index (χ1n) is 3.53. The summed E-state index contributed by atoms with van der Waals surface area (Å²) in [5.41, 5.74) is 0. The zero-order valence-corrected chi connectivity index (χ0v) is 8.18. The SMILES string of the molecule is N#CC(C=O)Sc1ccc(Cl)cc1. The highest BCUT2D eigenvalue weighted by molar-refractivity contribution is 8.00. The molecule has 0 saturated carbocycles.